The molecule has 6 heteroatoms. The van der Waals surface area contributed by atoms with Crippen LogP contribution in [0.2, 0.25) is 0 Å². The standard InChI is InChI=1S/C8H9F3N2O/c1-5(14-12)7-3-2-6(4-13-7)8(9,10)11/h2-5H,12H2,1H3. The second-order valence-corrected chi connectivity index (χ2v) is 2.75. The highest BCUT2D eigenvalue weighted by atomic mass is 19.4. The molecule has 0 saturated heterocycles. The van der Waals surface area contributed by atoms with Crippen molar-refractivity contribution in [2.45, 2.75) is 19.2 Å². The van der Waals surface area contributed by atoms with Crippen LogP contribution >= 0.6 is 0 Å². The average Bonchev–Trinajstić information content (AvgIpc) is 2.15. The van der Waals surface area contributed by atoms with Gasteiger partial charge in [0.05, 0.1) is 11.3 Å². The molecule has 0 fully saturated rings. The Morgan fingerprint density at radius 3 is 2.43 bits per heavy atom. The van der Waals surface area contributed by atoms with Crippen LogP contribution in [0, 0.1) is 0 Å². The molecular weight excluding hydrogens is 197 g/mol. The van der Waals surface area contributed by atoms with Gasteiger partial charge in [-0.05, 0) is 19.1 Å². The summed E-state index contributed by atoms with van der Waals surface area (Å²) in [5.74, 6) is 4.87. The van der Waals surface area contributed by atoms with Crippen LogP contribution in [0.5, 0.6) is 0 Å². The Morgan fingerprint density at radius 1 is 1.43 bits per heavy atom. The van der Waals surface area contributed by atoms with Crippen molar-refractivity contribution in [3.63, 3.8) is 0 Å². The van der Waals surface area contributed by atoms with E-state index >= 15 is 0 Å². The molecule has 0 saturated carbocycles. The van der Waals surface area contributed by atoms with E-state index in [0.717, 1.165) is 12.3 Å². The minimum atomic E-state index is -4.36. The van der Waals surface area contributed by atoms with Crippen molar-refractivity contribution in [3.8, 4) is 0 Å². The van der Waals surface area contributed by atoms with E-state index in [9.17, 15) is 13.2 Å². The molecule has 0 aliphatic heterocycles. The van der Waals surface area contributed by atoms with Gasteiger partial charge >= 0.3 is 6.18 Å². The summed E-state index contributed by atoms with van der Waals surface area (Å²) in [6.45, 7) is 1.59. The molecule has 0 amide bonds. The van der Waals surface area contributed by atoms with Gasteiger partial charge in [-0.25, -0.2) is 5.90 Å². The third-order valence-corrected chi connectivity index (χ3v) is 1.73. The van der Waals surface area contributed by atoms with E-state index in [1.807, 2.05) is 0 Å². The zero-order valence-electron chi connectivity index (χ0n) is 7.38. The first-order chi connectivity index (χ1) is 6.45. The Morgan fingerprint density at radius 2 is 2.07 bits per heavy atom. The third-order valence-electron chi connectivity index (χ3n) is 1.73. The van der Waals surface area contributed by atoms with E-state index in [1.165, 1.54) is 6.07 Å². The molecule has 1 atom stereocenters. The molecule has 1 rings (SSSR count). The first-order valence-corrected chi connectivity index (χ1v) is 3.84. The van der Waals surface area contributed by atoms with Crippen molar-refractivity contribution in [1.82, 2.24) is 4.98 Å². The molecule has 0 aliphatic carbocycles. The summed E-state index contributed by atoms with van der Waals surface area (Å²) in [7, 11) is 0. The predicted molar refractivity (Wildman–Crippen MR) is 42.9 cm³/mol. The van der Waals surface area contributed by atoms with Crippen LogP contribution in [-0.2, 0) is 11.0 Å². The van der Waals surface area contributed by atoms with E-state index in [-0.39, 0.29) is 0 Å². The number of nitrogens with two attached hydrogens (primary N) is 1. The topological polar surface area (TPSA) is 48.1 Å². The molecule has 14 heavy (non-hydrogen) atoms. The normalized spacial score (nSPS) is 14.1. The molecule has 1 aromatic rings. The first kappa shape index (κ1) is 10.9. The van der Waals surface area contributed by atoms with Gasteiger partial charge in [-0.1, -0.05) is 0 Å². The molecule has 0 bridgehead atoms. The van der Waals surface area contributed by atoms with Gasteiger partial charge in [0.1, 0.15) is 6.10 Å². The lowest BCUT2D eigenvalue weighted by atomic mass is 10.2. The van der Waals surface area contributed by atoms with E-state index < -0.39 is 17.8 Å². The second kappa shape index (κ2) is 3.93. The van der Waals surface area contributed by atoms with Crippen LogP contribution in [0.15, 0.2) is 18.3 Å². The minimum absolute atomic E-state index is 0.362. The summed E-state index contributed by atoms with van der Waals surface area (Å²) in [5.41, 5.74) is -0.425. The lowest BCUT2D eigenvalue weighted by Crippen LogP contribution is -2.09. The molecule has 0 spiro atoms. The summed E-state index contributed by atoms with van der Waals surface area (Å²) in [4.78, 5) is 8.01. The molecule has 2 N–H and O–H groups in total. The van der Waals surface area contributed by atoms with E-state index in [1.54, 1.807) is 6.92 Å². The molecule has 78 valence electrons. The molecule has 1 aromatic heterocycles. The Balaban J connectivity index is 2.89. The fraction of sp³-hybridized carbons (Fsp3) is 0.375. The number of pyridine rings is 1. The van der Waals surface area contributed by atoms with Gasteiger partial charge in [-0.2, -0.15) is 13.2 Å². The quantitative estimate of drug-likeness (QED) is 0.753. The van der Waals surface area contributed by atoms with Crippen LogP contribution in [-0.4, -0.2) is 4.98 Å². The Hall–Kier alpha value is -1.14. The van der Waals surface area contributed by atoms with Crippen molar-refractivity contribution in [2.75, 3.05) is 0 Å². The van der Waals surface area contributed by atoms with Crippen LogP contribution < -0.4 is 5.90 Å². The van der Waals surface area contributed by atoms with Gasteiger partial charge in [0.25, 0.3) is 0 Å². The summed E-state index contributed by atoms with van der Waals surface area (Å²) in [5, 5.41) is 0. The zero-order chi connectivity index (χ0) is 10.8. The maximum Gasteiger partial charge on any atom is 0.417 e. The summed E-state index contributed by atoms with van der Waals surface area (Å²) in [6, 6.07) is 2.18. The van der Waals surface area contributed by atoms with Crippen molar-refractivity contribution >= 4 is 0 Å². The van der Waals surface area contributed by atoms with Gasteiger partial charge < -0.3 is 0 Å². The van der Waals surface area contributed by atoms with Gasteiger partial charge in [0.2, 0.25) is 0 Å². The van der Waals surface area contributed by atoms with Crippen molar-refractivity contribution < 1.29 is 18.0 Å². The number of nitrogens with zero attached hydrogens (tertiary/aromatic N) is 1. The monoisotopic (exact) mass is 206 g/mol. The summed E-state index contributed by atoms with van der Waals surface area (Å²) >= 11 is 0. The van der Waals surface area contributed by atoms with Crippen molar-refractivity contribution in [2.24, 2.45) is 5.90 Å². The summed E-state index contributed by atoms with van der Waals surface area (Å²) in [6.07, 6.45) is -4.12. The predicted octanol–water partition coefficient (Wildman–Crippen LogP) is 2.05. The van der Waals surface area contributed by atoms with Gasteiger partial charge in [0.15, 0.2) is 0 Å². The smallest absolute Gasteiger partial charge is 0.295 e. The van der Waals surface area contributed by atoms with E-state index in [2.05, 4.69) is 9.82 Å². The summed E-state index contributed by atoms with van der Waals surface area (Å²) < 4.78 is 36.3. The van der Waals surface area contributed by atoms with Crippen molar-refractivity contribution in [3.05, 3.63) is 29.6 Å². The number of rotatable bonds is 2. The van der Waals surface area contributed by atoms with Gasteiger partial charge in [-0.15, -0.1) is 0 Å². The fourth-order valence-corrected chi connectivity index (χ4v) is 0.883. The zero-order valence-corrected chi connectivity index (χ0v) is 7.38. The van der Waals surface area contributed by atoms with Crippen LogP contribution in [0.25, 0.3) is 0 Å². The first-order valence-electron chi connectivity index (χ1n) is 3.84. The number of hydrogen-bond donors (Lipinski definition) is 1. The number of aromatic nitrogens is 1. The highest BCUT2D eigenvalue weighted by Gasteiger charge is 2.30. The second-order valence-electron chi connectivity index (χ2n) is 2.75. The lowest BCUT2D eigenvalue weighted by molar-refractivity contribution is -0.137. The lowest BCUT2D eigenvalue weighted by Gasteiger charge is -2.09. The average molecular weight is 206 g/mol. The largest absolute Gasteiger partial charge is 0.417 e. The van der Waals surface area contributed by atoms with Crippen LogP contribution in [0.3, 0.4) is 0 Å². The van der Waals surface area contributed by atoms with Crippen LogP contribution in [0.4, 0.5) is 13.2 Å². The molecule has 1 heterocycles. The highest BCUT2D eigenvalue weighted by Crippen LogP contribution is 2.28. The fourth-order valence-electron chi connectivity index (χ4n) is 0.883. The maximum atomic E-state index is 12.1. The third kappa shape index (κ3) is 2.43. The molecule has 0 aromatic carbocycles. The minimum Gasteiger partial charge on any atom is -0.295 e. The number of halogens is 3. The molecular formula is C8H9F3N2O. The maximum absolute atomic E-state index is 12.1. The molecule has 1 unspecified atom stereocenters. The molecule has 0 radical (unpaired) electrons. The van der Waals surface area contributed by atoms with Crippen LogP contribution in [0.1, 0.15) is 24.3 Å². The number of alkyl halides is 3. The van der Waals surface area contributed by atoms with E-state index in [0.29, 0.717) is 5.69 Å². The SMILES string of the molecule is CC(ON)c1ccc(C(F)(F)F)cn1. The molecule has 0 aliphatic rings. The van der Waals surface area contributed by atoms with E-state index in [4.69, 9.17) is 5.90 Å². The van der Waals surface area contributed by atoms with Gasteiger partial charge in [0, 0.05) is 6.20 Å². The Labute approximate surface area is 78.6 Å². The highest BCUT2D eigenvalue weighted by molar-refractivity contribution is 5.17. The molecule has 3 nitrogen and oxygen atoms in total. The van der Waals surface area contributed by atoms with Gasteiger partial charge in [-0.3, -0.25) is 9.82 Å². The van der Waals surface area contributed by atoms with Crippen molar-refractivity contribution in [1.29, 1.82) is 0 Å². The Kier molecular flexibility index (Phi) is 3.07. The number of hydrogen-bond acceptors (Lipinski definition) is 3. The Bertz CT molecular complexity index is 296.